The normalized spacial score (nSPS) is 14.5. The number of nitrogens with one attached hydrogen (secondary N) is 1. The van der Waals surface area contributed by atoms with E-state index in [-0.39, 0.29) is 0 Å². The van der Waals surface area contributed by atoms with Crippen molar-refractivity contribution in [2.24, 2.45) is 5.92 Å². The summed E-state index contributed by atoms with van der Waals surface area (Å²) < 4.78 is 5.20. The molecule has 0 amide bonds. The van der Waals surface area contributed by atoms with Crippen LogP contribution < -0.4 is 5.32 Å². The summed E-state index contributed by atoms with van der Waals surface area (Å²) in [6.07, 6.45) is 6.00. The molecule has 0 saturated carbocycles. The fourth-order valence-corrected chi connectivity index (χ4v) is 1.99. The van der Waals surface area contributed by atoms with Crippen LogP contribution in [-0.4, -0.2) is 25.2 Å². The molecular weight excluding hydrogens is 212 g/mol. The summed E-state index contributed by atoms with van der Waals surface area (Å²) >= 11 is 0. The van der Waals surface area contributed by atoms with Crippen molar-refractivity contribution in [1.29, 1.82) is 0 Å². The molecule has 17 heavy (non-hydrogen) atoms. The van der Waals surface area contributed by atoms with Crippen LogP contribution in [0.1, 0.15) is 38.3 Å². The van der Waals surface area contributed by atoms with Crippen molar-refractivity contribution in [2.75, 3.05) is 20.3 Å². The van der Waals surface area contributed by atoms with Crippen LogP contribution in [0.4, 0.5) is 0 Å². The molecule has 1 aromatic heterocycles. The Morgan fingerprint density at radius 3 is 2.88 bits per heavy atom. The van der Waals surface area contributed by atoms with Crippen LogP contribution in [0.2, 0.25) is 0 Å². The van der Waals surface area contributed by atoms with Gasteiger partial charge in [-0.3, -0.25) is 4.98 Å². The van der Waals surface area contributed by atoms with E-state index in [1.165, 1.54) is 5.56 Å². The molecule has 0 aliphatic rings. The summed E-state index contributed by atoms with van der Waals surface area (Å²) in [5.74, 6) is 0.551. The predicted molar refractivity (Wildman–Crippen MR) is 70.9 cm³/mol. The Balaban J connectivity index is 2.60. The number of hydrogen-bond donors (Lipinski definition) is 1. The fourth-order valence-electron chi connectivity index (χ4n) is 1.99. The Morgan fingerprint density at radius 2 is 2.29 bits per heavy atom. The summed E-state index contributed by atoms with van der Waals surface area (Å²) in [6, 6.07) is 4.52. The maximum absolute atomic E-state index is 5.20. The van der Waals surface area contributed by atoms with Crippen molar-refractivity contribution in [2.45, 2.75) is 32.7 Å². The molecule has 0 radical (unpaired) electrons. The number of hydrogen-bond acceptors (Lipinski definition) is 3. The Labute approximate surface area is 105 Å². The summed E-state index contributed by atoms with van der Waals surface area (Å²) in [6.45, 7) is 6.26. The number of rotatable bonds is 8. The molecule has 0 aliphatic carbocycles. The van der Waals surface area contributed by atoms with Gasteiger partial charge in [-0.2, -0.15) is 0 Å². The van der Waals surface area contributed by atoms with E-state index in [2.05, 4.69) is 30.2 Å². The second-order valence-corrected chi connectivity index (χ2v) is 4.59. The van der Waals surface area contributed by atoms with E-state index >= 15 is 0 Å². The minimum absolute atomic E-state index is 0.383. The van der Waals surface area contributed by atoms with Crippen LogP contribution in [-0.2, 0) is 4.74 Å². The van der Waals surface area contributed by atoms with Crippen molar-refractivity contribution in [1.82, 2.24) is 10.3 Å². The molecule has 0 spiro atoms. The highest BCUT2D eigenvalue weighted by Gasteiger charge is 2.14. The van der Waals surface area contributed by atoms with E-state index in [9.17, 15) is 0 Å². The van der Waals surface area contributed by atoms with E-state index in [1.54, 1.807) is 7.11 Å². The third-order valence-electron chi connectivity index (χ3n) is 2.82. The first kappa shape index (κ1) is 14.1. The van der Waals surface area contributed by atoms with E-state index in [4.69, 9.17) is 4.74 Å². The number of methoxy groups -OCH3 is 1. The molecule has 0 aliphatic heterocycles. The van der Waals surface area contributed by atoms with E-state index in [0.717, 1.165) is 26.0 Å². The summed E-state index contributed by atoms with van der Waals surface area (Å²) in [4.78, 5) is 4.20. The van der Waals surface area contributed by atoms with Gasteiger partial charge in [0, 0.05) is 32.2 Å². The highest BCUT2D eigenvalue weighted by atomic mass is 16.5. The molecule has 0 bridgehead atoms. The lowest BCUT2D eigenvalue weighted by molar-refractivity contribution is 0.149. The molecule has 1 N–H and O–H groups in total. The molecule has 2 unspecified atom stereocenters. The summed E-state index contributed by atoms with van der Waals surface area (Å²) in [5, 5.41) is 3.58. The Hall–Kier alpha value is -0.930. The predicted octanol–water partition coefficient (Wildman–Crippen LogP) is 2.79. The lowest BCUT2D eigenvalue weighted by Crippen LogP contribution is -2.25. The molecule has 96 valence electrons. The first-order chi connectivity index (χ1) is 8.27. The van der Waals surface area contributed by atoms with Gasteiger partial charge in [-0.25, -0.2) is 0 Å². The monoisotopic (exact) mass is 236 g/mol. The van der Waals surface area contributed by atoms with Gasteiger partial charge in [-0.15, -0.1) is 0 Å². The van der Waals surface area contributed by atoms with Crippen molar-refractivity contribution in [3.05, 3.63) is 30.1 Å². The van der Waals surface area contributed by atoms with Gasteiger partial charge in [-0.1, -0.05) is 19.9 Å². The van der Waals surface area contributed by atoms with Crippen LogP contribution in [0.25, 0.3) is 0 Å². The third kappa shape index (κ3) is 5.29. The summed E-state index contributed by atoms with van der Waals surface area (Å²) in [5.41, 5.74) is 1.27. The SMILES string of the molecule is CCCNC(CC(C)COC)c1cccnc1. The minimum Gasteiger partial charge on any atom is -0.384 e. The van der Waals surface area contributed by atoms with Gasteiger partial charge < -0.3 is 10.1 Å². The highest BCUT2D eigenvalue weighted by molar-refractivity contribution is 5.13. The maximum Gasteiger partial charge on any atom is 0.0488 e. The molecule has 0 fully saturated rings. The van der Waals surface area contributed by atoms with Gasteiger partial charge in [0.25, 0.3) is 0 Å². The minimum atomic E-state index is 0.383. The van der Waals surface area contributed by atoms with Crippen molar-refractivity contribution in [3.63, 3.8) is 0 Å². The second-order valence-electron chi connectivity index (χ2n) is 4.59. The molecule has 3 heteroatoms. The maximum atomic E-state index is 5.20. The lowest BCUT2D eigenvalue weighted by atomic mass is 9.97. The van der Waals surface area contributed by atoms with Gasteiger partial charge in [-0.05, 0) is 36.9 Å². The molecule has 0 saturated heterocycles. The van der Waals surface area contributed by atoms with Gasteiger partial charge in [0.05, 0.1) is 0 Å². The highest BCUT2D eigenvalue weighted by Crippen LogP contribution is 2.20. The van der Waals surface area contributed by atoms with Gasteiger partial charge >= 0.3 is 0 Å². The Kier molecular flexibility index (Phi) is 6.82. The zero-order valence-electron chi connectivity index (χ0n) is 11.1. The Bertz CT molecular complexity index is 290. The number of aromatic nitrogens is 1. The fraction of sp³-hybridized carbons (Fsp3) is 0.643. The number of nitrogens with zero attached hydrogens (tertiary/aromatic N) is 1. The smallest absolute Gasteiger partial charge is 0.0488 e. The van der Waals surface area contributed by atoms with Crippen molar-refractivity contribution < 1.29 is 4.74 Å². The van der Waals surface area contributed by atoms with Crippen LogP contribution in [0.3, 0.4) is 0 Å². The molecular formula is C14H24N2O. The topological polar surface area (TPSA) is 34.1 Å². The first-order valence-corrected chi connectivity index (χ1v) is 6.40. The quantitative estimate of drug-likeness (QED) is 0.753. The Morgan fingerprint density at radius 1 is 1.47 bits per heavy atom. The van der Waals surface area contributed by atoms with Crippen LogP contribution in [0, 0.1) is 5.92 Å². The molecule has 1 rings (SSSR count). The van der Waals surface area contributed by atoms with Gasteiger partial charge in [0.15, 0.2) is 0 Å². The van der Waals surface area contributed by atoms with E-state index < -0.39 is 0 Å². The lowest BCUT2D eigenvalue weighted by Gasteiger charge is -2.22. The van der Waals surface area contributed by atoms with Crippen LogP contribution >= 0.6 is 0 Å². The molecule has 3 nitrogen and oxygen atoms in total. The zero-order valence-corrected chi connectivity index (χ0v) is 11.1. The number of pyridine rings is 1. The van der Waals surface area contributed by atoms with Gasteiger partial charge in [0.2, 0.25) is 0 Å². The standard InChI is InChI=1S/C14H24N2O/c1-4-7-16-14(9-12(2)11-17-3)13-6-5-8-15-10-13/h5-6,8,10,12,14,16H,4,7,9,11H2,1-3H3. The first-order valence-electron chi connectivity index (χ1n) is 6.40. The molecule has 2 atom stereocenters. The van der Waals surface area contributed by atoms with E-state index in [0.29, 0.717) is 12.0 Å². The average Bonchev–Trinajstić information content (AvgIpc) is 2.36. The van der Waals surface area contributed by atoms with Crippen LogP contribution in [0.5, 0.6) is 0 Å². The van der Waals surface area contributed by atoms with Crippen molar-refractivity contribution in [3.8, 4) is 0 Å². The van der Waals surface area contributed by atoms with Crippen molar-refractivity contribution >= 4 is 0 Å². The van der Waals surface area contributed by atoms with Gasteiger partial charge in [0.1, 0.15) is 0 Å². The largest absolute Gasteiger partial charge is 0.384 e. The van der Waals surface area contributed by atoms with Crippen LogP contribution in [0.15, 0.2) is 24.5 Å². The second kappa shape index (κ2) is 8.20. The van der Waals surface area contributed by atoms with E-state index in [1.807, 2.05) is 18.5 Å². The zero-order chi connectivity index (χ0) is 12.5. The third-order valence-corrected chi connectivity index (χ3v) is 2.82. The molecule has 1 heterocycles. The number of ether oxygens (including phenoxy) is 1. The molecule has 0 aromatic carbocycles. The molecule has 1 aromatic rings. The average molecular weight is 236 g/mol. The summed E-state index contributed by atoms with van der Waals surface area (Å²) in [7, 11) is 1.76.